The SMILES string of the molecule is Cc1cccc(C(C)C(=O)NCC(=O)N2CCOCC2)c1. The molecule has 0 aliphatic carbocycles. The van der Waals surface area contributed by atoms with Gasteiger partial charge in [-0.25, -0.2) is 0 Å². The largest absolute Gasteiger partial charge is 0.378 e. The van der Waals surface area contributed by atoms with Gasteiger partial charge in [-0.05, 0) is 19.4 Å². The standard InChI is InChI=1S/C16H22N2O3/c1-12-4-3-5-14(10-12)13(2)16(20)17-11-15(19)18-6-8-21-9-7-18/h3-5,10,13H,6-9,11H2,1-2H3,(H,17,20). The fourth-order valence-electron chi connectivity index (χ4n) is 2.33. The normalized spacial score (nSPS) is 16.4. The second-order valence-electron chi connectivity index (χ2n) is 5.35. The van der Waals surface area contributed by atoms with Crippen LogP contribution in [0.15, 0.2) is 24.3 Å². The zero-order valence-electron chi connectivity index (χ0n) is 12.6. The predicted octanol–water partition coefficient (Wildman–Crippen LogP) is 1.07. The van der Waals surface area contributed by atoms with Crippen LogP contribution in [-0.4, -0.2) is 49.6 Å². The molecule has 1 atom stereocenters. The average molecular weight is 290 g/mol. The van der Waals surface area contributed by atoms with Gasteiger partial charge in [0.2, 0.25) is 11.8 Å². The molecule has 1 aromatic rings. The molecule has 1 aliphatic heterocycles. The van der Waals surface area contributed by atoms with E-state index in [2.05, 4.69) is 5.32 Å². The highest BCUT2D eigenvalue weighted by Crippen LogP contribution is 2.16. The first-order chi connectivity index (χ1) is 10.1. The molecule has 0 radical (unpaired) electrons. The Morgan fingerprint density at radius 2 is 2.05 bits per heavy atom. The maximum absolute atomic E-state index is 12.1. The number of aryl methyl sites for hydroxylation is 1. The summed E-state index contributed by atoms with van der Waals surface area (Å²) in [7, 11) is 0. The molecule has 1 saturated heterocycles. The molecule has 0 aromatic heterocycles. The zero-order chi connectivity index (χ0) is 15.2. The monoisotopic (exact) mass is 290 g/mol. The number of morpholine rings is 1. The molecule has 5 heteroatoms. The van der Waals surface area contributed by atoms with Gasteiger partial charge < -0.3 is 15.0 Å². The van der Waals surface area contributed by atoms with Gasteiger partial charge in [-0.3, -0.25) is 9.59 Å². The summed E-state index contributed by atoms with van der Waals surface area (Å²) in [6.45, 7) is 6.23. The van der Waals surface area contributed by atoms with Crippen molar-refractivity contribution >= 4 is 11.8 Å². The average Bonchev–Trinajstić information content (AvgIpc) is 2.52. The van der Waals surface area contributed by atoms with Gasteiger partial charge in [-0.15, -0.1) is 0 Å². The van der Waals surface area contributed by atoms with Crippen LogP contribution >= 0.6 is 0 Å². The van der Waals surface area contributed by atoms with Crippen LogP contribution in [0.25, 0.3) is 0 Å². The van der Waals surface area contributed by atoms with E-state index in [1.165, 1.54) is 0 Å². The molecule has 1 aliphatic rings. The number of hydrogen-bond acceptors (Lipinski definition) is 3. The van der Waals surface area contributed by atoms with Crippen LogP contribution in [0.1, 0.15) is 24.0 Å². The molecule has 1 heterocycles. The van der Waals surface area contributed by atoms with Crippen molar-refractivity contribution in [2.45, 2.75) is 19.8 Å². The number of ether oxygens (including phenoxy) is 1. The topological polar surface area (TPSA) is 58.6 Å². The number of amides is 2. The van der Waals surface area contributed by atoms with E-state index in [0.29, 0.717) is 26.3 Å². The molecule has 1 fully saturated rings. The van der Waals surface area contributed by atoms with Crippen molar-refractivity contribution in [2.24, 2.45) is 0 Å². The Bertz CT molecular complexity index is 510. The fraction of sp³-hybridized carbons (Fsp3) is 0.500. The summed E-state index contributed by atoms with van der Waals surface area (Å²) in [5, 5.41) is 2.73. The van der Waals surface area contributed by atoms with Gasteiger partial charge in [0.1, 0.15) is 0 Å². The number of benzene rings is 1. The lowest BCUT2D eigenvalue weighted by atomic mass is 9.99. The summed E-state index contributed by atoms with van der Waals surface area (Å²) in [5.74, 6) is -0.437. The Morgan fingerprint density at radius 3 is 2.71 bits per heavy atom. The van der Waals surface area contributed by atoms with Crippen molar-refractivity contribution in [3.63, 3.8) is 0 Å². The molecule has 114 valence electrons. The van der Waals surface area contributed by atoms with Gasteiger partial charge in [0.25, 0.3) is 0 Å². The molecular formula is C16H22N2O3. The Balaban J connectivity index is 1.84. The van der Waals surface area contributed by atoms with E-state index in [9.17, 15) is 9.59 Å². The summed E-state index contributed by atoms with van der Waals surface area (Å²) in [5.41, 5.74) is 2.09. The number of carbonyl (C=O) groups excluding carboxylic acids is 2. The number of nitrogens with zero attached hydrogens (tertiary/aromatic N) is 1. The Labute approximate surface area is 125 Å². The number of rotatable bonds is 4. The van der Waals surface area contributed by atoms with Crippen LogP contribution in [0.5, 0.6) is 0 Å². The van der Waals surface area contributed by atoms with Gasteiger partial charge in [0, 0.05) is 13.1 Å². The van der Waals surface area contributed by atoms with Gasteiger partial charge >= 0.3 is 0 Å². The summed E-state index contributed by atoms with van der Waals surface area (Å²) in [6.07, 6.45) is 0. The maximum Gasteiger partial charge on any atom is 0.242 e. The first kappa shape index (κ1) is 15.5. The van der Waals surface area contributed by atoms with Crippen LogP contribution in [0.4, 0.5) is 0 Å². The lowest BCUT2D eigenvalue weighted by molar-refractivity contribution is -0.136. The molecule has 0 bridgehead atoms. The van der Waals surface area contributed by atoms with E-state index in [0.717, 1.165) is 11.1 Å². The minimum absolute atomic E-state index is 0.0506. The molecule has 1 unspecified atom stereocenters. The summed E-state index contributed by atoms with van der Waals surface area (Å²) < 4.78 is 5.20. The molecule has 2 amide bonds. The first-order valence-electron chi connectivity index (χ1n) is 7.27. The van der Waals surface area contributed by atoms with Crippen molar-refractivity contribution in [2.75, 3.05) is 32.8 Å². The first-order valence-corrected chi connectivity index (χ1v) is 7.27. The highest BCUT2D eigenvalue weighted by Gasteiger charge is 2.19. The predicted molar refractivity (Wildman–Crippen MR) is 80.0 cm³/mol. The van der Waals surface area contributed by atoms with Crippen molar-refractivity contribution in [3.05, 3.63) is 35.4 Å². The molecule has 0 saturated carbocycles. The smallest absolute Gasteiger partial charge is 0.242 e. The second-order valence-corrected chi connectivity index (χ2v) is 5.35. The maximum atomic E-state index is 12.1. The van der Waals surface area contributed by atoms with E-state index in [1.54, 1.807) is 4.90 Å². The molecule has 1 aromatic carbocycles. The van der Waals surface area contributed by atoms with Crippen molar-refractivity contribution in [3.8, 4) is 0 Å². The molecule has 5 nitrogen and oxygen atoms in total. The van der Waals surface area contributed by atoms with Gasteiger partial charge in [-0.1, -0.05) is 29.8 Å². The minimum atomic E-state index is -0.262. The van der Waals surface area contributed by atoms with Crippen LogP contribution in [-0.2, 0) is 14.3 Å². The Hall–Kier alpha value is -1.88. The quantitative estimate of drug-likeness (QED) is 0.902. The highest BCUT2D eigenvalue weighted by atomic mass is 16.5. The van der Waals surface area contributed by atoms with Crippen molar-refractivity contribution < 1.29 is 14.3 Å². The van der Waals surface area contributed by atoms with Gasteiger partial charge in [0.05, 0.1) is 25.7 Å². The molecular weight excluding hydrogens is 268 g/mol. The Morgan fingerprint density at radius 1 is 1.33 bits per heavy atom. The van der Waals surface area contributed by atoms with Gasteiger partial charge in [0.15, 0.2) is 0 Å². The number of nitrogens with one attached hydrogen (secondary N) is 1. The lowest BCUT2D eigenvalue weighted by Crippen LogP contribution is -2.46. The van der Waals surface area contributed by atoms with Crippen LogP contribution < -0.4 is 5.32 Å². The van der Waals surface area contributed by atoms with E-state index in [1.807, 2.05) is 38.1 Å². The summed E-state index contributed by atoms with van der Waals surface area (Å²) in [6, 6.07) is 7.86. The minimum Gasteiger partial charge on any atom is -0.378 e. The fourth-order valence-corrected chi connectivity index (χ4v) is 2.33. The van der Waals surface area contributed by atoms with E-state index in [4.69, 9.17) is 4.74 Å². The molecule has 2 rings (SSSR count). The van der Waals surface area contributed by atoms with Crippen LogP contribution in [0.2, 0.25) is 0 Å². The Kier molecular flexibility index (Phi) is 5.33. The van der Waals surface area contributed by atoms with Crippen molar-refractivity contribution in [1.82, 2.24) is 10.2 Å². The molecule has 0 spiro atoms. The highest BCUT2D eigenvalue weighted by molar-refractivity contribution is 5.88. The molecule has 1 N–H and O–H groups in total. The second kappa shape index (κ2) is 7.22. The lowest BCUT2D eigenvalue weighted by Gasteiger charge is -2.27. The third-order valence-corrected chi connectivity index (χ3v) is 3.71. The van der Waals surface area contributed by atoms with Crippen LogP contribution in [0.3, 0.4) is 0 Å². The van der Waals surface area contributed by atoms with E-state index < -0.39 is 0 Å². The number of hydrogen-bond donors (Lipinski definition) is 1. The van der Waals surface area contributed by atoms with Gasteiger partial charge in [-0.2, -0.15) is 0 Å². The molecule has 21 heavy (non-hydrogen) atoms. The number of carbonyl (C=O) groups is 2. The van der Waals surface area contributed by atoms with E-state index >= 15 is 0 Å². The van der Waals surface area contributed by atoms with Crippen molar-refractivity contribution in [1.29, 1.82) is 0 Å². The summed E-state index contributed by atoms with van der Waals surface area (Å²) in [4.78, 5) is 25.8. The van der Waals surface area contributed by atoms with Crippen LogP contribution in [0, 0.1) is 6.92 Å². The third kappa shape index (κ3) is 4.29. The van der Waals surface area contributed by atoms with E-state index in [-0.39, 0.29) is 24.3 Å². The summed E-state index contributed by atoms with van der Waals surface area (Å²) >= 11 is 0. The third-order valence-electron chi connectivity index (χ3n) is 3.71. The zero-order valence-corrected chi connectivity index (χ0v) is 12.6.